The Hall–Kier alpha value is -1.26. The summed E-state index contributed by atoms with van der Waals surface area (Å²) in [6, 6.07) is 5.39. The molecule has 0 saturated carbocycles. The highest BCUT2D eigenvalue weighted by molar-refractivity contribution is 5.38. The molecule has 0 aromatic heterocycles. The van der Waals surface area contributed by atoms with Crippen LogP contribution in [0.2, 0.25) is 0 Å². The molecule has 1 aromatic carbocycles. The van der Waals surface area contributed by atoms with Gasteiger partial charge in [0.25, 0.3) is 0 Å². The molecule has 112 valence electrons. The van der Waals surface area contributed by atoms with Crippen molar-refractivity contribution in [1.82, 2.24) is 10.2 Å². The van der Waals surface area contributed by atoms with Gasteiger partial charge in [-0.05, 0) is 37.9 Å². The van der Waals surface area contributed by atoms with Crippen LogP contribution in [0.4, 0.5) is 0 Å². The third-order valence-electron chi connectivity index (χ3n) is 3.88. The van der Waals surface area contributed by atoms with Crippen molar-refractivity contribution in [2.24, 2.45) is 5.92 Å². The van der Waals surface area contributed by atoms with E-state index in [4.69, 9.17) is 0 Å². The topological polar surface area (TPSA) is 55.7 Å². The van der Waals surface area contributed by atoms with Gasteiger partial charge in [0.2, 0.25) is 0 Å². The smallest absolute Gasteiger partial charge is 0.123 e. The Kier molecular flexibility index (Phi) is 5.26. The maximum Gasteiger partial charge on any atom is 0.123 e. The molecule has 0 bridgehead atoms. The van der Waals surface area contributed by atoms with E-state index in [9.17, 15) is 10.2 Å². The van der Waals surface area contributed by atoms with Crippen molar-refractivity contribution >= 4 is 0 Å². The highest BCUT2D eigenvalue weighted by atomic mass is 16.3. The SMILES string of the molecule is CC(C)NCC1CCCN(Cc2ccc(O)cc2O)C1. The molecule has 2 rings (SSSR count). The first-order valence-corrected chi connectivity index (χ1v) is 7.51. The Morgan fingerprint density at radius 1 is 1.35 bits per heavy atom. The van der Waals surface area contributed by atoms with Crippen LogP contribution >= 0.6 is 0 Å². The van der Waals surface area contributed by atoms with Crippen LogP contribution in [0.5, 0.6) is 11.5 Å². The predicted molar refractivity (Wildman–Crippen MR) is 80.9 cm³/mol. The molecule has 4 nitrogen and oxygen atoms in total. The second-order valence-electron chi connectivity index (χ2n) is 6.12. The molecule has 1 saturated heterocycles. The van der Waals surface area contributed by atoms with Crippen LogP contribution in [-0.2, 0) is 6.54 Å². The van der Waals surface area contributed by atoms with Crippen molar-refractivity contribution in [3.63, 3.8) is 0 Å². The van der Waals surface area contributed by atoms with Gasteiger partial charge in [0.15, 0.2) is 0 Å². The lowest BCUT2D eigenvalue weighted by Gasteiger charge is -2.33. The molecule has 0 spiro atoms. The molecular formula is C16H26N2O2. The lowest BCUT2D eigenvalue weighted by molar-refractivity contribution is 0.162. The maximum atomic E-state index is 9.87. The molecule has 0 aliphatic carbocycles. The standard InChI is InChI=1S/C16H26N2O2/c1-12(2)17-9-13-4-3-7-18(10-13)11-14-5-6-15(19)8-16(14)20/h5-6,8,12-13,17,19-20H,3-4,7,9-11H2,1-2H3. The zero-order valence-electron chi connectivity index (χ0n) is 12.5. The Morgan fingerprint density at radius 3 is 2.85 bits per heavy atom. The molecule has 1 heterocycles. The van der Waals surface area contributed by atoms with Gasteiger partial charge in [0.1, 0.15) is 11.5 Å². The lowest BCUT2D eigenvalue weighted by Crippen LogP contribution is -2.40. The molecule has 0 radical (unpaired) electrons. The summed E-state index contributed by atoms with van der Waals surface area (Å²) in [5.74, 6) is 0.988. The number of rotatable bonds is 5. The molecular weight excluding hydrogens is 252 g/mol. The number of aromatic hydroxyl groups is 2. The summed E-state index contributed by atoms with van der Waals surface area (Å²) in [5.41, 5.74) is 0.889. The van der Waals surface area contributed by atoms with E-state index >= 15 is 0 Å². The van der Waals surface area contributed by atoms with E-state index in [2.05, 4.69) is 24.1 Å². The van der Waals surface area contributed by atoms with Crippen LogP contribution < -0.4 is 5.32 Å². The van der Waals surface area contributed by atoms with Gasteiger partial charge in [0, 0.05) is 30.8 Å². The van der Waals surface area contributed by atoms with E-state index in [1.807, 2.05) is 0 Å². The summed E-state index contributed by atoms with van der Waals surface area (Å²) in [4.78, 5) is 2.39. The first kappa shape index (κ1) is 15.1. The van der Waals surface area contributed by atoms with Gasteiger partial charge in [0.05, 0.1) is 0 Å². The molecule has 1 aromatic rings. The number of benzene rings is 1. The molecule has 1 aliphatic heterocycles. The van der Waals surface area contributed by atoms with Crippen molar-refractivity contribution in [1.29, 1.82) is 0 Å². The lowest BCUT2D eigenvalue weighted by atomic mass is 9.97. The minimum atomic E-state index is 0.115. The number of nitrogens with zero attached hydrogens (tertiary/aromatic N) is 1. The van der Waals surface area contributed by atoms with E-state index < -0.39 is 0 Å². The summed E-state index contributed by atoms with van der Waals surface area (Å²) in [6.07, 6.45) is 2.49. The maximum absolute atomic E-state index is 9.87. The largest absolute Gasteiger partial charge is 0.508 e. The molecule has 3 N–H and O–H groups in total. The minimum absolute atomic E-state index is 0.115. The van der Waals surface area contributed by atoms with Gasteiger partial charge in [-0.1, -0.05) is 19.9 Å². The van der Waals surface area contributed by atoms with Gasteiger partial charge >= 0.3 is 0 Å². The van der Waals surface area contributed by atoms with Crippen LogP contribution in [0.1, 0.15) is 32.3 Å². The fraction of sp³-hybridized carbons (Fsp3) is 0.625. The van der Waals surface area contributed by atoms with Gasteiger partial charge < -0.3 is 15.5 Å². The van der Waals surface area contributed by atoms with Crippen molar-refractivity contribution < 1.29 is 10.2 Å². The average molecular weight is 278 g/mol. The van der Waals surface area contributed by atoms with Gasteiger partial charge in [-0.25, -0.2) is 0 Å². The van der Waals surface area contributed by atoms with Gasteiger partial charge in [-0.2, -0.15) is 0 Å². The number of likely N-dealkylation sites (tertiary alicyclic amines) is 1. The van der Waals surface area contributed by atoms with Crippen LogP contribution in [-0.4, -0.2) is 40.8 Å². The van der Waals surface area contributed by atoms with Gasteiger partial charge in [-0.3, -0.25) is 4.90 Å². The fourth-order valence-electron chi connectivity index (χ4n) is 2.79. The van der Waals surface area contributed by atoms with E-state index in [0.717, 1.165) is 31.7 Å². The van der Waals surface area contributed by atoms with Crippen LogP contribution in [0.25, 0.3) is 0 Å². The molecule has 1 fully saturated rings. The molecule has 0 amide bonds. The molecule has 1 unspecified atom stereocenters. The number of hydrogen-bond acceptors (Lipinski definition) is 4. The van der Waals surface area contributed by atoms with E-state index in [-0.39, 0.29) is 11.5 Å². The van der Waals surface area contributed by atoms with Crippen molar-refractivity contribution in [2.75, 3.05) is 19.6 Å². The quantitative estimate of drug-likeness (QED) is 0.773. The Labute approximate surface area is 121 Å². The van der Waals surface area contributed by atoms with Crippen LogP contribution in [0, 0.1) is 5.92 Å². The summed E-state index contributed by atoms with van der Waals surface area (Å²) in [5, 5.41) is 22.7. The van der Waals surface area contributed by atoms with E-state index in [1.165, 1.54) is 18.9 Å². The summed E-state index contributed by atoms with van der Waals surface area (Å²) < 4.78 is 0. The number of piperidine rings is 1. The second-order valence-corrected chi connectivity index (χ2v) is 6.12. The normalized spacial score (nSPS) is 20.4. The molecule has 1 aliphatic rings. The molecule has 1 atom stereocenters. The zero-order chi connectivity index (χ0) is 14.5. The van der Waals surface area contributed by atoms with Crippen molar-refractivity contribution in [3.05, 3.63) is 23.8 Å². The predicted octanol–water partition coefficient (Wildman–Crippen LogP) is 2.31. The number of phenolic OH excluding ortho intramolecular Hbond substituents is 2. The zero-order valence-corrected chi connectivity index (χ0v) is 12.5. The second kappa shape index (κ2) is 6.95. The number of hydrogen-bond donors (Lipinski definition) is 3. The van der Waals surface area contributed by atoms with Crippen LogP contribution in [0.3, 0.4) is 0 Å². The third kappa shape index (κ3) is 4.39. The first-order valence-electron chi connectivity index (χ1n) is 7.51. The Bertz CT molecular complexity index is 434. The molecule has 4 heteroatoms. The van der Waals surface area contributed by atoms with E-state index in [1.54, 1.807) is 12.1 Å². The fourth-order valence-corrected chi connectivity index (χ4v) is 2.79. The monoisotopic (exact) mass is 278 g/mol. The highest BCUT2D eigenvalue weighted by Gasteiger charge is 2.20. The summed E-state index contributed by atoms with van der Waals surface area (Å²) >= 11 is 0. The number of nitrogens with one attached hydrogen (secondary N) is 1. The first-order chi connectivity index (χ1) is 9.54. The molecule has 20 heavy (non-hydrogen) atoms. The Balaban J connectivity index is 1.89. The van der Waals surface area contributed by atoms with Crippen molar-refractivity contribution in [2.45, 2.75) is 39.3 Å². The van der Waals surface area contributed by atoms with Crippen molar-refractivity contribution in [3.8, 4) is 11.5 Å². The third-order valence-corrected chi connectivity index (χ3v) is 3.88. The summed E-state index contributed by atoms with van der Waals surface area (Å²) in [7, 11) is 0. The number of phenols is 2. The van der Waals surface area contributed by atoms with E-state index in [0.29, 0.717) is 12.0 Å². The van der Waals surface area contributed by atoms with Gasteiger partial charge in [-0.15, -0.1) is 0 Å². The van der Waals surface area contributed by atoms with Crippen LogP contribution in [0.15, 0.2) is 18.2 Å². The summed E-state index contributed by atoms with van der Waals surface area (Å²) in [6.45, 7) is 8.32. The average Bonchev–Trinajstić information content (AvgIpc) is 2.40. The highest BCUT2D eigenvalue weighted by Crippen LogP contribution is 2.25. The Morgan fingerprint density at radius 2 is 2.15 bits per heavy atom. The minimum Gasteiger partial charge on any atom is -0.508 e.